The third kappa shape index (κ3) is 4.69. The quantitative estimate of drug-likeness (QED) is 0.420. The van der Waals surface area contributed by atoms with Crippen LogP contribution in [0, 0.1) is 5.92 Å². The van der Waals surface area contributed by atoms with Gasteiger partial charge in [0.2, 0.25) is 11.8 Å². The maximum Gasteiger partial charge on any atom is 0.408 e. The topological polar surface area (TPSA) is 143 Å². The van der Waals surface area contributed by atoms with Crippen LogP contribution in [-0.4, -0.2) is 60.4 Å². The molecule has 1 N–H and O–H groups in total. The lowest BCUT2D eigenvalue weighted by molar-refractivity contribution is -0.197. The van der Waals surface area contributed by atoms with Crippen LogP contribution in [0.25, 0.3) is 10.4 Å². The van der Waals surface area contributed by atoms with Gasteiger partial charge in [0.15, 0.2) is 5.79 Å². The fraction of sp³-hybridized carbons (Fsp3) is 0.571. The molecule has 1 aliphatic carbocycles. The van der Waals surface area contributed by atoms with Crippen molar-refractivity contribution in [1.82, 2.24) is 10.2 Å². The van der Waals surface area contributed by atoms with Gasteiger partial charge in [0, 0.05) is 36.3 Å². The molecule has 2 heterocycles. The lowest BCUT2D eigenvalue weighted by Gasteiger charge is -2.43. The molecule has 11 nitrogen and oxygen atoms in total. The standard InChI is InChI=1S/C21H25N5O6/c22-25-24-18(27)15-12-21(31-10-11-32-21)8-6-17(15)26-9-7-16(19(26)28)23-20(29)30-13-14-4-2-1-3-5-14/h1-5,15-17H,6-13H2,(H,23,29)/t15-,16+,17+/m1/s1. The Bertz CT molecular complexity index is 913. The Morgan fingerprint density at radius 2 is 2.00 bits per heavy atom. The summed E-state index contributed by atoms with van der Waals surface area (Å²) in [6.07, 6.45) is 0.936. The van der Waals surface area contributed by atoms with Gasteiger partial charge in [0.25, 0.3) is 0 Å². The minimum Gasteiger partial charge on any atom is -0.445 e. The zero-order valence-corrected chi connectivity index (χ0v) is 17.5. The largest absolute Gasteiger partial charge is 0.445 e. The summed E-state index contributed by atoms with van der Waals surface area (Å²) in [5.41, 5.74) is 9.58. The minimum atomic E-state index is -0.872. The van der Waals surface area contributed by atoms with Crippen LogP contribution in [-0.2, 0) is 30.4 Å². The van der Waals surface area contributed by atoms with Gasteiger partial charge in [-0.05, 0) is 29.1 Å². The van der Waals surface area contributed by atoms with Gasteiger partial charge in [-0.25, -0.2) is 4.79 Å². The van der Waals surface area contributed by atoms with Crippen LogP contribution in [0.1, 0.15) is 31.2 Å². The van der Waals surface area contributed by atoms with Gasteiger partial charge in [-0.2, -0.15) is 0 Å². The van der Waals surface area contributed by atoms with E-state index < -0.39 is 35.8 Å². The van der Waals surface area contributed by atoms with E-state index in [-0.39, 0.29) is 18.9 Å². The van der Waals surface area contributed by atoms with Gasteiger partial charge in [-0.1, -0.05) is 30.3 Å². The number of nitrogens with one attached hydrogen (secondary N) is 1. The monoisotopic (exact) mass is 443 g/mol. The third-order valence-electron chi connectivity index (χ3n) is 6.24. The Morgan fingerprint density at radius 3 is 2.72 bits per heavy atom. The van der Waals surface area contributed by atoms with Crippen LogP contribution >= 0.6 is 0 Å². The van der Waals surface area contributed by atoms with Crippen LogP contribution < -0.4 is 5.32 Å². The van der Waals surface area contributed by atoms with Crippen molar-refractivity contribution in [2.75, 3.05) is 19.8 Å². The van der Waals surface area contributed by atoms with E-state index in [1.54, 1.807) is 4.90 Å². The smallest absolute Gasteiger partial charge is 0.408 e. The van der Waals surface area contributed by atoms with Crippen molar-refractivity contribution in [3.8, 4) is 0 Å². The van der Waals surface area contributed by atoms with E-state index in [9.17, 15) is 14.4 Å². The number of amides is 3. The molecule has 3 atom stereocenters. The van der Waals surface area contributed by atoms with Crippen LogP contribution in [0.15, 0.2) is 35.4 Å². The van der Waals surface area contributed by atoms with E-state index in [1.165, 1.54) is 0 Å². The number of hydrogen-bond acceptors (Lipinski definition) is 6. The van der Waals surface area contributed by atoms with Crippen molar-refractivity contribution in [2.24, 2.45) is 11.0 Å². The molecular formula is C21H25N5O6. The minimum absolute atomic E-state index is 0.102. The van der Waals surface area contributed by atoms with Crippen molar-refractivity contribution in [2.45, 2.75) is 50.2 Å². The highest BCUT2D eigenvalue weighted by Gasteiger charge is 2.51. The molecule has 1 saturated carbocycles. The lowest BCUT2D eigenvalue weighted by Crippen LogP contribution is -2.53. The number of nitrogens with zero attached hydrogens (tertiary/aromatic N) is 4. The number of rotatable bonds is 5. The van der Waals surface area contributed by atoms with E-state index in [1.807, 2.05) is 30.3 Å². The summed E-state index contributed by atoms with van der Waals surface area (Å²) in [5.74, 6) is -2.52. The first-order chi connectivity index (χ1) is 15.5. The van der Waals surface area contributed by atoms with Crippen molar-refractivity contribution in [1.29, 1.82) is 0 Å². The van der Waals surface area contributed by atoms with Crippen LogP contribution in [0.5, 0.6) is 0 Å². The molecule has 4 rings (SSSR count). The summed E-state index contributed by atoms with van der Waals surface area (Å²) in [5, 5.41) is 5.89. The molecule has 0 bridgehead atoms. The van der Waals surface area contributed by atoms with Crippen molar-refractivity contribution in [3.05, 3.63) is 46.3 Å². The second-order valence-electron chi connectivity index (χ2n) is 8.13. The molecule has 3 amide bonds. The Kier molecular flexibility index (Phi) is 6.59. The highest BCUT2D eigenvalue weighted by molar-refractivity contribution is 5.89. The second-order valence-corrected chi connectivity index (χ2v) is 8.13. The van der Waals surface area contributed by atoms with Gasteiger partial charge < -0.3 is 24.4 Å². The molecule has 11 heteroatoms. The molecule has 32 heavy (non-hydrogen) atoms. The van der Waals surface area contributed by atoms with E-state index in [0.717, 1.165) is 5.56 Å². The summed E-state index contributed by atoms with van der Waals surface area (Å²) >= 11 is 0. The average molecular weight is 443 g/mol. The number of azide groups is 1. The van der Waals surface area contributed by atoms with E-state index in [2.05, 4.69) is 15.3 Å². The number of carbonyl (C=O) groups is 3. The number of ether oxygens (including phenoxy) is 3. The highest BCUT2D eigenvalue weighted by Crippen LogP contribution is 2.42. The molecule has 1 aromatic rings. The third-order valence-corrected chi connectivity index (χ3v) is 6.24. The molecule has 0 aromatic heterocycles. The summed E-state index contributed by atoms with van der Waals surface area (Å²) in [4.78, 5) is 42.0. The summed E-state index contributed by atoms with van der Waals surface area (Å²) in [7, 11) is 0. The predicted molar refractivity (Wildman–Crippen MR) is 110 cm³/mol. The second kappa shape index (κ2) is 9.56. The molecule has 1 spiro atoms. The fourth-order valence-corrected chi connectivity index (χ4v) is 4.72. The maximum atomic E-state index is 13.0. The van der Waals surface area contributed by atoms with Crippen molar-refractivity contribution >= 4 is 17.9 Å². The normalized spacial score (nSPS) is 26.6. The van der Waals surface area contributed by atoms with Gasteiger partial charge in [-0.3, -0.25) is 9.59 Å². The molecule has 0 radical (unpaired) electrons. The summed E-state index contributed by atoms with van der Waals surface area (Å²) in [6.45, 7) is 1.35. The summed E-state index contributed by atoms with van der Waals surface area (Å²) in [6, 6.07) is 8.05. The Labute approximate surface area is 184 Å². The number of likely N-dealkylation sites (tertiary alicyclic amines) is 1. The zero-order chi connectivity index (χ0) is 22.6. The van der Waals surface area contributed by atoms with Gasteiger partial charge >= 0.3 is 6.09 Å². The first-order valence-electron chi connectivity index (χ1n) is 10.7. The first-order valence-corrected chi connectivity index (χ1v) is 10.7. The fourth-order valence-electron chi connectivity index (χ4n) is 4.72. The molecule has 2 saturated heterocycles. The number of hydrogen-bond donors (Lipinski definition) is 1. The molecule has 1 aromatic carbocycles. The molecule has 3 aliphatic rings. The van der Waals surface area contributed by atoms with Crippen LogP contribution in [0.3, 0.4) is 0 Å². The molecular weight excluding hydrogens is 418 g/mol. The Morgan fingerprint density at radius 1 is 1.25 bits per heavy atom. The summed E-state index contributed by atoms with van der Waals surface area (Å²) < 4.78 is 16.7. The SMILES string of the molecule is [N-]=[N+]=NC(=O)[C@@H]1CC2(CC[C@@H]1N1CC[C@H](NC(=O)OCc3ccccc3)C1=O)OCCO2. The van der Waals surface area contributed by atoms with E-state index >= 15 is 0 Å². The first kappa shape index (κ1) is 22.1. The molecule has 3 fully saturated rings. The number of alkyl carbamates (subject to hydrolysis) is 1. The zero-order valence-electron chi connectivity index (χ0n) is 17.5. The van der Waals surface area contributed by atoms with Crippen molar-refractivity contribution in [3.63, 3.8) is 0 Å². The van der Waals surface area contributed by atoms with Crippen molar-refractivity contribution < 1.29 is 28.6 Å². The van der Waals surface area contributed by atoms with E-state index in [0.29, 0.717) is 39.0 Å². The van der Waals surface area contributed by atoms with Gasteiger partial charge in [-0.15, -0.1) is 0 Å². The number of carbonyl (C=O) groups excluding carboxylic acids is 3. The van der Waals surface area contributed by atoms with E-state index in [4.69, 9.17) is 19.7 Å². The number of benzene rings is 1. The Hall–Kier alpha value is -3.14. The van der Waals surface area contributed by atoms with Gasteiger partial charge in [0.05, 0.1) is 13.2 Å². The Balaban J connectivity index is 1.38. The van der Waals surface area contributed by atoms with Crippen LogP contribution in [0.2, 0.25) is 0 Å². The molecule has 170 valence electrons. The lowest BCUT2D eigenvalue weighted by atomic mass is 9.79. The van der Waals surface area contributed by atoms with Gasteiger partial charge in [0.1, 0.15) is 12.6 Å². The molecule has 2 aliphatic heterocycles. The van der Waals surface area contributed by atoms with Crippen LogP contribution in [0.4, 0.5) is 4.79 Å². The maximum absolute atomic E-state index is 13.0. The molecule has 0 unspecified atom stereocenters. The highest BCUT2D eigenvalue weighted by atomic mass is 16.7. The predicted octanol–water partition coefficient (Wildman–Crippen LogP) is 2.26. The average Bonchev–Trinajstić information content (AvgIpc) is 3.40.